The molecule has 4 nitrogen and oxygen atoms in total. The summed E-state index contributed by atoms with van der Waals surface area (Å²) in [6.07, 6.45) is 0. The molecule has 0 aromatic rings. The first-order chi connectivity index (χ1) is 5.66. The van der Waals surface area contributed by atoms with Crippen LogP contribution in [-0.2, 0) is 26.2 Å². The first-order valence-corrected chi connectivity index (χ1v) is 3.58. The van der Waals surface area contributed by atoms with Crippen LogP contribution in [0.25, 0.3) is 21.3 Å². The summed E-state index contributed by atoms with van der Waals surface area (Å²) < 4.78 is 0. The molecule has 0 bridgehead atoms. The van der Waals surface area contributed by atoms with Crippen molar-refractivity contribution in [1.82, 2.24) is 0 Å². The maximum absolute atomic E-state index is 3.50. The summed E-state index contributed by atoms with van der Waals surface area (Å²) >= 11 is 0. The normalized spacial score (nSPS) is 4.80. The molecule has 0 saturated heterocycles. The van der Waals surface area contributed by atoms with Gasteiger partial charge >= 0.3 is 0 Å². The van der Waals surface area contributed by atoms with Crippen molar-refractivity contribution in [3.05, 3.63) is 36.1 Å². The van der Waals surface area contributed by atoms with Crippen LogP contribution in [0.4, 0.5) is 0 Å². The average Bonchev–Trinajstić information content (AvgIpc) is 1.92. The van der Waals surface area contributed by atoms with Crippen LogP contribution in [0.3, 0.4) is 0 Å². The first-order valence-electron chi connectivity index (χ1n) is 3.58. The van der Waals surface area contributed by atoms with Gasteiger partial charge in [-0.2, -0.15) is 56.4 Å². The average molecular weight is 298 g/mol. The quantitative estimate of drug-likeness (QED) is 0.616. The maximum atomic E-state index is 3.50. The molecule has 0 aromatic heterocycles. The van der Waals surface area contributed by atoms with Crippen LogP contribution in [0.1, 0.15) is 0 Å². The third-order valence-corrected chi connectivity index (χ3v) is 0. The Morgan fingerprint density at radius 1 is 0.400 bits per heavy atom. The minimum absolute atomic E-state index is 0. The number of hydrogen-bond donors (Lipinski definition) is 0. The monoisotopic (exact) mass is 296 g/mol. The van der Waals surface area contributed by atoms with Gasteiger partial charge in [-0.1, -0.05) is 0 Å². The summed E-state index contributed by atoms with van der Waals surface area (Å²) in [6, 6.07) is 0. The summed E-state index contributed by atoms with van der Waals surface area (Å²) in [5, 5.41) is 14.0. The van der Waals surface area contributed by atoms with Crippen LogP contribution in [0.15, 0.2) is 0 Å². The zero-order valence-electron chi connectivity index (χ0n) is 12.3. The van der Waals surface area contributed by atoms with Crippen molar-refractivity contribution in [2.45, 2.75) is 0 Å². The molecule has 0 aromatic carbocycles. The molecule has 0 aliphatic rings. The van der Waals surface area contributed by atoms with Crippen molar-refractivity contribution in [1.29, 1.82) is 0 Å². The number of rotatable bonds is 0. The van der Waals surface area contributed by atoms with Gasteiger partial charge in [0.1, 0.15) is 0 Å². The number of nitrogens with zero attached hydrogens (tertiary/aromatic N) is 4. The Morgan fingerprint density at radius 3 is 0.400 bits per heavy atom. The molecule has 0 heterocycles. The van der Waals surface area contributed by atoms with Crippen LogP contribution >= 0.6 is 0 Å². The fraction of sp³-hybridized carbons (Fsp3) is 0.800. The van der Waals surface area contributed by atoms with E-state index in [2.05, 4.69) is 21.3 Å². The van der Waals surface area contributed by atoms with Crippen molar-refractivity contribution >= 4 is 0 Å². The minimum Gasteiger partial charge on any atom is -0.668 e. The predicted molar refractivity (Wildman–Crippen MR) is 73.7 cm³/mol. The fourth-order valence-corrected chi connectivity index (χ4v) is 0. The van der Waals surface area contributed by atoms with Crippen molar-refractivity contribution in [3.63, 3.8) is 0 Å². The van der Waals surface area contributed by atoms with Crippen LogP contribution in [0.5, 0.6) is 0 Å². The topological polar surface area (TPSA) is 56.4 Å². The van der Waals surface area contributed by atoms with Gasteiger partial charge in [0.15, 0.2) is 0 Å². The van der Waals surface area contributed by atoms with E-state index >= 15 is 0 Å². The fourth-order valence-electron chi connectivity index (χ4n) is 0. The summed E-state index contributed by atoms with van der Waals surface area (Å²) in [6.45, 7) is 0. The zero-order chi connectivity index (χ0) is 10.8. The second kappa shape index (κ2) is 124. The SMILES string of the molecule is C[N-]C.C[N-]C.C[N-]C.C[N-]C.[CH3-].[CH3-].[Zr]. The third-order valence-electron chi connectivity index (χ3n) is 0. The molecule has 0 fully saturated rings. The standard InChI is InChI=1S/4C2H6N.2CH3.Zr/c4*1-3-2;;;/h4*1-2H3;2*1H3;/q6*-1;. The van der Waals surface area contributed by atoms with E-state index in [0.717, 1.165) is 0 Å². The van der Waals surface area contributed by atoms with Gasteiger partial charge in [-0.05, 0) is 0 Å². The van der Waals surface area contributed by atoms with Gasteiger partial charge in [0.2, 0.25) is 0 Å². The third kappa shape index (κ3) is 4560. The molecule has 100 valence electrons. The van der Waals surface area contributed by atoms with Crippen molar-refractivity contribution in [2.75, 3.05) is 56.4 Å². The van der Waals surface area contributed by atoms with E-state index in [4.69, 9.17) is 0 Å². The second-order valence-corrected chi connectivity index (χ2v) is 1.79. The molecule has 0 radical (unpaired) electrons. The summed E-state index contributed by atoms with van der Waals surface area (Å²) in [7, 11) is 14.0. The molecular weight excluding hydrogens is 267 g/mol. The van der Waals surface area contributed by atoms with Gasteiger partial charge in [-0.3, -0.25) is 0 Å². The number of hydrogen-bond acceptors (Lipinski definition) is 0. The van der Waals surface area contributed by atoms with E-state index in [1.165, 1.54) is 0 Å². The molecule has 0 unspecified atom stereocenters. The van der Waals surface area contributed by atoms with Crippen molar-refractivity contribution < 1.29 is 26.2 Å². The van der Waals surface area contributed by atoms with Gasteiger partial charge in [-0.25, -0.2) is 0 Å². The molecule has 0 saturated carbocycles. The molecular formula is C10H30N4Zr-6. The Hall–Kier alpha value is 0.723. The molecule has 0 aliphatic heterocycles. The summed E-state index contributed by atoms with van der Waals surface area (Å²) in [4.78, 5) is 0. The molecule has 0 rings (SSSR count). The van der Waals surface area contributed by atoms with Crippen molar-refractivity contribution in [2.24, 2.45) is 0 Å². The van der Waals surface area contributed by atoms with Gasteiger partial charge in [0.25, 0.3) is 0 Å². The van der Waals surface area contributed by atoms with Crippen LogP contribution < -0.4 is 0 Å². The Kier molecular flexibility index (Phi) is 371. The Labute approximate surface area is 119 Å². The second-order valence-electron chi connectivity index (χ2n) is 1.79. The molecule has 0 aliphatic carbocycles. The first kappa shape index (κ1) is 44.8. The molecule has 15 heavy (non-hydrogen) atoms. The van der Waals surface area contributed by atoms with Crippen LogP contribution in [-0.4, -0.2) is 56.4 Å². The van der Waals surface area contributed by atoms with Gasteiger partial charge in [0.05, 0.1) is 0 Å². The summed E-state index contributed by atoms with van der Waals surface area (Å²) in [5.41, 5.74) is 0. The molecule has 0 atom stereocenters. The summed E-state index contributed by atoms with van der Waals surface area (Å²) in [5.74, 6) is 0. The van der Waals surface area contributed by atoms with E-state index in [1.807, 2.05) is 0 Å². The van der Waals surface area contributed by atoms with Crippen LogP contribution in [0, 0.1) is 14.9 Å². The molecule has 0 N–H and O–H groups in total. The van der Waals surface area contributed by atoms with E-state index in [0.29, 0.717) is 0 Å². The zero-order valence-corrected chi connectivity index (χ0v) is 14.7. The largest absolute Gasteiger partial charge is 0.668 e. The van der Waals surface area contributed by atoms with Crippen LogP contribution in [0.2, 0.25) is 0 Å². The Morgan fingerprint density at radius 2 is 0.400 bits per heavy atom. The van der Waals surface area contributed by atoms with Gasteiger partial charge in [-0.15, -0.1) is 0 Å². The molecule has 0 spiro atoms. The Bertz CT molecular complexity index is 25.4. The predicted octanol–water partition coefficient (Wildman–Crippen LogP) is 3.38. The van der Waals surface area contributed by atoms with Gasteiger partial charge < -0.3 is 36.1 Å². The molecule has 5 heteroatoms. The van der Waals surface area contributed by atoms with E-state index in [-0.39, 0.29) is 41.1 Å². The Balaban J connectivity index is -0.0000000107. The maximum Gasteiger partial charge on any atom is 0 e. The van der Waals surface area contributed by atoms with E-state index < -0.39 is 0 Å². The minimum atomic E-state index is 0. The van der Waals surface area contributed by atoms with Crippen molar-refractivity contribution in [3.8, 4) is 0 Å². The van der Waals surface area contributed by atoms with E-state index in [1.54, 1.807) is 56.4 Å². The van der Waals surface area contributed by atoms with Gasteiger partial charge in [0, 0.05) is 26.2 Å². The molecule has 0 amide bonds. The smallest absolute Gasteiger partial charge is 0 e. The van der Waals surface area contributed by atoms with E-state index in [9.17, 15) is 0 Å².